The maximum Gasteiger partial charge on any atom is 0.244 e. The van der Waals surface area contributed by atoms with Crippen LogP contribution in [0, 0.1) is 3.57 Å². The number of nitrogens with one attached hydrogen (secondary N) is 1. The summed E-state index contributed by atoms with van der Waals surface area (Å²) >= 11 is 5.58. The number of carbonyl (C=O) groups is 2. The second-order valence-electron chi connectivity index (χ2n) is 9.24. The van der Waals surface area contributed by atoms with Crippen molar-refractivity contribution < 1.29 is 18.0 Å². The van der Waals surface area contributed by atoms with Gasteiger partial charge in [-0.25, -0.2) is 8.42 Å². The highest BCUT2D eigenvalue weighted by Crippen LogP contribution is 2.22. The predicted molar refractivity (Wildman–Crippen MR) is 168 cm³/mol. The van der Waals surface area contributed by atoms with Crippen LogP contribution in [0.5, 0.6) is 0 Å². The van der Waals surface area contributed by atoms with Gasteiger partial charge in [-0.2, -0.15) is 0 Å². The Bertz CT molecular complexity index is 1340. The van der Waals surface area contributed by atoms with Crippen molar-refractivity contribution in [1.29, 1.82) is 0 Å². The molecular weight excluding hydrogens is 693 g/mol. The Morgan fingerprint density at radius 2 is 1.59 bits per heavy atom. The first-order valence-electron chi connectivity index (χ1n) is 12.7. The van der Waals surface area contributed by atoms with Gasteiger partial charge >= 0.3 is 0 Å². The van der Waals surface area contributed by atoms with Crippen molar-refractivity contribution in [3.63, 3.8) is 0 Å². The fraction of sp³-hybridized carbons (Fsp3) is 0.310. The molecule has 0 bridgehead atoms. The quantitative estimate of drug-likeness (QED) is 0.190. The van der Waals surface area contributed by atoms with Crippen LogP contribution in [-0.2, 0) is 32.6 Å². The summed E-state index contributed by atoms with van der Waals surface area (Å²) < 4.78 is 28.5. The van der Waals surface area contributed by atoms with Gasteiger partial charge in [0.15, 0.2) is 0 Å². The van der Waals surface area contributed by atoms with Gasteiger partial charge in [0.25, 0.3) is 0 Å². The van der Waals surface area contributed by atoms with E-state index in [4.69, 9.17) is 0 Å². The van der Waals surface area contributed by atoms with Crippen molar-refractivity contribution in [3.05, 3.63) is 98.0 Å². The van der Waals surface area contributed by atoms with Crippen LogP contribution in [0.3, 0.4) is 0 Å². The minimum atomic E-state index is -3.78. The summed E-state index contributed by atoms with van der Waals surface area (Å²) in [6, 6.07) is 23.1. The van der Waals surface area contributed by atoms with E-state index in [2.05, 4.69) is 43.8 Å². The molecule has 39 heavy (non-hydrogen) atoms. The van der Waals surface area contributed by atoms with E-state index < -0.39 is 28.5 Å². The van der Waals surface area contributed by atoms with Gasteiger partial charge in [0.05, 0.1) is 11.9 Å². The van der Waals surface area contributed by atoms with E-state index in [-0.39, 0.29) is 12.5 Å². The zero-order chi connectivity index (χ0) is 28.4. The molecule has 0 radical (unpaired) electrons. The van der Waals surface area contributed by atoms with Crippen molar-refractivity contribution in [2.45, 2.75) is 38.8 Å². The molecule has 0 heterocycles. The van der Waals surface area contributed by atoms with E-state index >= 15 is 0 Å². The summed E-state index contributed by atoms with van der Waals surface area (Å²) in [5.74, 6) is -0.730. The lowest BCUT2D eigenvalue weighted by molar-refractivity contribution is -0.140. The number of hydrogen-bond donors (Lipinski definition) is 1. The molecule has 10 heteroatoms. The van der Waals surface area contributed by atoms with Crippen molar-refractivity contribution in [2.24, 2.45) is 0 Å². The number of carbonyl (C=O) groups excluding carboxylic acids is 2. The summed E-state index contributed by atoms with van der Waals surface area (Å²) in [5.41, 5.74) is 2.12. The highest BCUT2D eigenvalue weighted by molar-refractivity contribution is 14.1. The van der Waals surface area contributed by atoms with Gasteiger partial charge in [-0.05, 0) is 76.5 Å². The third kappa shape index (κ3) is 9.61. The van der Waals surface area contributed by atoms with Crippen LogP contribution in [-0.4, -0.2) is 50.5 Å². The third-order valence-corrected chi connectivity index (χ3v) is 8.55. The number of halogens is 2. The van der Waals surface area contributed by atoms with Crippen molar-refractivity contribution in [2.75, 3.05) is 23.7 Å². The molecule has 7 nitrogen and oxygen atoms in total. The number of anilines is 1. The second kappa shape index (κ2) is 14.8. The average Bonchev–Trinajstić information content (AvgIpc) is 2.91. The Morgan fingerprint density at radius 1 is 0.949 bits per heavy atom. The topological polar surface area (TPSA) is 86.8 Å². The molecule has 0 saturated carbocycles. The summed E-state index contributed by atoms with van der Waals surface area (Å²) in [6.45, 7) is 2.26. The van der Waals surface area contributed by atoms with Gasteiger partial charge < -0.3 is 10.2 Å². The lowest BCUT2D eigenvalue weighted by atomic mass is 10.0. The molecule has 0 aliphatic rings. The molecule has 3 aromatic carbocycles. The lowest BCUT2D eigenvalue weighted by Gasteiger charge is -2.33. The van der Waals surface area contributed by atoms with Crippen molar-refractivity contribution in [1.82, 2.24) is 10.2 Å². The van der Waals surface area contributed by atoms with Gasteiger partial charge in [0.1, 0.15) is 12.6 Å². The fourth-order valence-corrected chi connectivity index (χ4v) is 5.54. The van der Waals surface area contributed by atoms with Gasteiger partial charge in [-0.15, -0.1) is 0 Å². The molecule has 0 aliphatic heterocycles. The minimum Gasteiger partial charge on any atom is -0.354 e. The first-order valence-corrected chi connectivity index (χ1v) is 16.4. The number of sulfonamides is 1. The number of benzene rings is 3. The van der Waals surface area contributed by atoms with Crippen molar-refractivity contribution in [3.8, 4) is 0 Å². The maximum atomic E-state index is 14.0. The molecule has 0 fully saturated rings. The molecule has 0 unspecified atom stereocenters. The predicted octanol–water partition coefficient (Wildman–Crippen LogP) is 5.38. The van der Waals surface area contributed by atoms with Gasteiger partial charge in [0.2, 0.25) is 21.8 Å². The van der Waals surface area contributed by atoms with E-state index in [0.717, 1.165) is 42.6 Å². The van der Waals surface area contributed by atoms with Crippen LogP contribution in [0.2, 0.25) is 0 Å². The molecule has 0 aliphatic carbocycles. The second-order valence-corrected chi connectivity index (χ2v) is 13.3. The SMILES string of the molecule is CCCCNC(=O)[C@H](Cc1ccccc1)N(Cc1ccc(Br)cc1)C(=O)CN(c1ccc(I)cc1)S(C)(=O)=O. The van der Waals surface area contributed by atoms with Gasteiger partial charge in [0, 0.05) is 27.6 Å². The van der Waals surface area contributed by atoms with E-state index in [1.807, 2.05) is 61.5 Å². The van der Waals surface area contributed by atoms with Crippen molar-refractivity contribution >= 4 is 66.0 Å². The Balaban J connectivity index is 2.01. The Hall–Kier alpha value is -2.44. The first-order chi connectivity index (χ1) is 18.6. The zero-order valence-corrected chi connectivity index (χ0v) is 26.6. The molecule has 0 spiro atoms. The standard InChI is InChI=1S/C29H33BrIN3O4S/c1-3-4-18-32-29(36)27(19-22-8-6-5-7-9-22)33(20-23-10-12-24(30)13-11-23)28(35)21-34(39(2,37)38)26-16-14-25(31)15-17-26/h5-17,27H,3-4,18-21H2,1-2H3,(H,32,36)/t27-/m0/s1. The van der Waals surface area contributed by atoms with Crippen LogP contribution in [0.25, 0.3) is 0 Å². The molecule has 0 aromatic heterocycles. The minimum absolute atomic E-state index is 0.148. The van der Waals surface area contributed by atoms with Crippen LogP contribution in [0.1, 0.15) is 30.9 Å². The number of nitrogens with zero attached hydrogens (tertiary/aromatic N) is 2. The highest BCUT2D eigenvalue weighted by Gasteiger charge is 2.32. The van der Waals surface area contributed by atoms with Crippen LogP contribution >= 0.6 is 38.5 Å². The van der Waals surface area contributed by atoms with Gasteiger partial charge in [-0.1, -0.05) is 71.7 Å². The van der Waals surface area contributed by atoms with E-state index in [0.29, 0.717) is 18.7 Å². The average molecular weight is 726 g/mol. The summed E-state index contributed by atoms with van der Waals surface area (Å²) in [5, 5.41) is 2.98. The number of unbranched alkanes of at least 4 members (excludes halogenated alkanes) is 1. The molecular formula is C29H33BrIN3O4S. The summed E-state index contributed by atoms with van der Waals surface area (Å²) in [6.07, 6.45) is 3.11. The summed E-state index contributed by atoms with van der Waals surface area (Å²) in [7, 11) is -3.78. The number of hydrogen-bond acceptors (Lipinski definition) is 4. The highest BCUT2D eigenvalue weighted by atomic mass is 127. The Morgan fingerprint density at radius 3 is 2.18 bits per heavy atom. The smallest absolute Gasteiger partial charge is 0.244 e. The molecule has 208 valence electrons. The Labute approximate surface area is 253 Å². The zero-order valence-electron chi connectivity index (χ0n) is 22.0. The van der Waals surface area contributed by atoms with Gasteiger partial charge in [-0.3, -0.25) is 13.9 Å². The first kappa shape index (κ1) is 31.1. The summed E-state index contributed by atoms with van der Waals surface area (Å²) in [4.78, 5) is 29.1. The van der Waals surface area contributed by atoms with Crippen LogP contribution in [0.15, 0.2) is 83.3 Å². The fourth-order valence-electron chi connectivity index (χ4n) is 4.07. The number of rotatable bonds is 13. The van der Waals surface area contributed by atoms with Crippen LogP contribution in [0.4, 0.5) is 5.69 Å². The molecule has 3 aromatic rings. The monoisotopic (exact) mass is 725 g/mol. The van der Waals surface area contributed by atoms with E-state index in [1.54, 1.807) is 24.3 Å². The molecule has 2 amide bonds. The molecule has 1 N–H and O–H groups in total. The molecule has 1 atom stereocenters. The maximum absolute atomic E-state index is 14.0. The molecule has 0 saturated heterocycles. The largest absolute Gasteiger partial charge is 0.354 e. The lowest BCUT2D eigenvalue weighted by Crippen LogP contribution is -2.53. The Kier molecular flexibility index (Phi) is 11.8. The number of amides is 2. The molecule has 3 rings (SSSR count). The normalized spacial score (nSPS) is 12.0. The van der Waals surface area contributed by atoms with E-state index in [9.17, 15) is 18.0 Å². The van der Waals surface area contributed by atoms with Crippen LogP contribution < -0.4 is 9.62 Å². The third-order valence-electron chi connectivity index (χ3n) is 6.16. The van der Waals surface area contributed by atoms with E-state index in [1.165, 1.54) is 4.90 Å².